The topological polar surface area (TPSA) is 47.6 Å². The maximum Gasteiger partial charge on any atom is 0.246 e. The van der Waals surface area contributed by atoms with Crippen LogP contribution in [0.25, 0.3) is 0 Å². The van der Waals surface area contributed by atoms with Gasteiger partial charge in [0.2, 0.25) is 5.91 Å². The average Bonchev–Trinajstić information content (AvgIpc) is 2.41. The highest BCUT2D eigenvalue weighted by Gasteiger charge is 2.19. The van der Waals surface area contributed by atoms with Gasteiger partial charge in [0.05, 0.1) is 19.8 Å². The van der Waals surface area contributed by atoms with Crippen molar-refractivity contribution in [3.8, 4) is 11.8 Å². The molecule has 1 fully saturated rings. The van der Waals surface area contributed by atoms with E-state index in [1.807, 2.05) is 10.8 Å². The van der Waals surface area contributed by atoms with Gasteiger partial charge in [-0.05, 0) is 19.8 Å². The van der Waals surface area contributed by atoms with Gasteiger partial charge >= 0.3 is 0 Å². The van der Waals surface area contributed by atoms with Gasteiger partial charge < -0.3 is 14.8 Å². The number of ether oxygens (including phenoxy) is 2. The van der Waals surface area contributed by atoms with E-state index < -0.39 is 0 Å². The highest BCUT2D eigenvalue weighted by molar-refractivity contribution is 8.77. The minimum atomic E-state index is -0.140. The Morgan fingerprint density at radius 2 is 2.21 bits per heavy atom. The third-order valence-corrected chi connectivity index (χ3v) is 5.68. The van der Waals surface area contributed by atoms with Crippen LogP contribution in [-0.4, -0.2) is 43.0 Å². The molecule has 0 aliphatic carbocycles. The van der Waals surface area contributed by atoms with E-state index in [1.54, 1.807) is 17.7 Å². The summed E-state index contributed by atoms with van der Waals surface area (Å²) in [6.45, 7) is 5.40. The van der Waals surface area contributed by atoms with E-state index in [2.05, 4.69) is 24.1 Å². The first-order valence-electron chi connectivity index (χ1n) is 6.40. The van der Waals surface area contributed by atoms with Crippen LogP contribution in [0.3, 0.4) is 0 Å². The molecule has 1 aliphatic heterocycles. The van der Waals surface area contributed by atoms with Crippen molar-refractivity contribution in [1.82, 2.24) is 5.32 Å². The first kappa shape index (κ1) is 16.7. The van der Waals surface area contributed by atoms with Crippen LogP contribution in [0, 0.1) is 11.8 Å². The largest absolute Gasteiger partial charge is 0.369 e. The smallest absolute Gasteiger partial charge is 0.246 e. The summed E-state index contributed by atoms with van der Waals surface area (Å²) in [7, 11) is 3.67. The quantitative estimate of drug-likeness (QED) is 0.443. The predicted molar refractivity (Wildman–Crippen MR) is 80.9 cm³/mol. The van der Waals surface area contributed by atoms with Gasteiger partial charge in [-0.25, -0.2) is 0 Å². The second-order valence-corrected chi connectivity index (χ2v) is 7.01. The Hall–Kier alpha value is -0.350. The average molecular weight is 303 g/mol. The van der Waals surface area contributed by atoms with Gasteiger partial charge in [-0.15, -0.1) is 5.92 Å². The van der Waals surface area contributed by atoms with E-state index in [9.17, 15) is 4.79 Å². The van der Waals surface area contributed by atoms with E-state index in [1.165, 1.54) is 6.42 Å². The molecular weight excluding hydrogens is 282 g/mol. The lowest BCUT2D eigenvalue weighted by molar-refractivity contribution is -0.126. The van der Waals surface area contributed by atoms with Crippen molar-refractivity contribution in [2.75, 3.05) is 26.4 Å². The van der Waals surface area contributed by atoms with Crippen molar-refractivity contribution in [3.05, 3.63) is 0 Å². The summed E-state index contributed by atoms with van der Waals surface area (Å²) in [4.78, 5) is 11.3. The normalized spacial score (nSPS) is 22.4. The Morgan fingerprint density at radius 3 is 2.89 bits per heavy atom. The van der Waals surface area contributed by atoms with E-state index in [4.69, 9.17) is 9.47 Å². The molecule has 0 aromatic carbocycles. The fourth-order valence-corrected chi connectivity index (χ4v) is 4.04. The lowest BCUT2D eigenvalue weighted by Gasteiger charge is -2.24. The number of amides is 1. The molecule has 19 heavy (non-hydrogen) atoms. The second-order valence-electron chi connectivity index (χ2n) is 4.14. The van der Waals surface area contributed by atoms with Gasteiger partial charge in [-0.3, -0.25) is 4.79 Å². The molecule has 1 heterocycles. The molecule has 4 nitrogen and oxygen atoms in total. The molecule has 1 N–H and O–H groups in total. The Morgan fingerprint density at radius 1 is 1.37 bits per heavy atom. The van der Waals surface area contributed by atoms with Gasteiger partial charge in [0.15, 0.2) is 0 Å². The predicted octanol–water partition coefficient (Wildman–Crippen LogP) is 2.05. The van der Waals surface area contributed by atoms with Gasteiger partial charge in [0.1, 0.15) is 12.0 Å². The highest BCUT2D eigenvalue weighted by atomic mass is 33.1. The van der Waals surface area contributed by atoms with Gasteiger partial charge in [-0.2, -0.15) is 0 Å². The number of carbonyl (C=O) groups is 1. The van der Waals surface area contributed by atoms with E-state index in [-0.39, 0.29) is 18.0 Å². The summed E-state index contributed by atoms with van der Waals surface area (Å²) in [5, 5.41) is 3.36. The minimum Gasteiger partial charge on any atom is -0.369 e. The Labute approximate surface area is 123 Å². The zero-order valence-electron chi connectivity index (χ0n) is 11.4. The molecule has 6 heteroatoms. The summed E-state index contributed by atoms with van der Waals surface area (Å²) in [5.41, 5.74) is 0.262. The summed E-state index contributed by atoms with van der Waals surface area (Å²) < 4.78 is 10.9. The third kappa shape index (κ3) is 8.43. The number of carbonyl (C=O) groups excluding carboxylic acids is 1. The van der Waals surface area contributed by atoms with E-state index >= 15 is 0 Å². The summed E-state index contributed by atoms with van der Waals surface area (Å²) in [6, 6.07) is 0. The minimum absolute atomic E-state index is 0.0678. The lowest BCUT2D eigenvalue weighted by Crippen LogP contribution is -2.28. The van der Waals surface area contributed by atoms with Crippen molar-refractivity contribution in [2.24, 2.45) is 0 Å². The van der Waals surface area contributed by atoms with Crippen LogP contribution < -0.4 is 5.32 Å². The summed E-state index contributed by atoms with van der Waals surface area (Å²) in [6.07, 6.45) is 2.29. The Bertz CT molecular complexity index is 320. The molecule has 1 saturated heterocycles. The van der Waals surface area contributed by atoms with Crippen LogP contribution in [0.1, 0.15) is 26.7 Å². The van der Waals surface area contributed by atoms with Crippen LogP contribution in [0.2, 0.25) is 0 Å². The lowest BCUT2D eigenvalue weighted by atomic mass is 10.2. The van der Waals surface area contributed by atoms with Crippen molar-refractivity contribution in [1.29, 1.82) is 0 Å². The van der Waals surface area contributed by atoms with Crippen molar-refractivity contribution < 1.29 is 14.3 Å². The molecular formula is C13H21NO3S2. The molecule has 2 unspecified atom stereocenters. The third-order valence-electron chi connectivity index (χ3n) is 2.45. The van der Waals surface area contributed by atoms with E-state index in [0.717, 1.165) is 11.7 Å². The van der Waals surface area contributed by atoms with Crippen molar-refractivity contribution >= 4 is 27.5 Å². The molecule has 0 spiro atoms. The fraction of sp³-hybridized carbons (Fsp3) is 0.769. The number of hydrogen-bond acceptors (Lipinski definition) is 5. The standard InChI is InChI=1S/C13H21NO3S2/c1-3-4-7-14-12(15)10-16-8-9-17-13-6-5-11(2)18-19-13/h11,13H,5-10H2,1-2H3,(H,14,15). The van der Waals surface area contributed by atoms with Gasteiger partial charge in [-0.1, -0.05) is 34.4 Å². The molecule has 1 amide bonds. The van der Waals surface area contributed by atoms with Crippen LogP contribution in [-0.2, 0) is 14.3 Å². The van der Waals surface area contributed by atoms with Gasteiger partial charge in [0.25, 0.3) is 0 Å². The van der Waals surface area contributed by atoms with Crippen LogP contribution in [0.15, 0.2) is 0 Å². The van der Waals surface area contributed by atoms with E-state index in [0.29, 0.717) is 19.8 Å². The summed E-state index contributed by atoms with van der Waals surface area (Å²) >= 11 is 0. The molecule has 0 saturated carbocycles. The maximum atomic E-state index is 11.3. The molecule has 1 aliphatic rings. The zero-order chi connectivity index (χ0) is 13.9. The molecule has 0 bridgehead atoms. The SMILES string of the molecule is CC#CCNC(=O)COCCOC1CCC(C)SS1. The van der Waals surface area contributed by atoms with Crippen LogP contribution in [0.4, 0.5) is 0 Å². The molecule has 0 aromatic heterocycles. The maximum absolute atomic E-state index is 11.3. The second kappa shape index (κ2) is 10.4. The molecule has 0 aromatic rings. The Balaban J connectivity index is 1.93. The molecule has 1 rings (SSSR count). The molecule has 2 atom stereocenters. The zero-order valence-corrected chi connectivity index (χ0v) is 13.1. The Kier molecular flexibility index (Phi) is 9.18. The monoisotopic (exact) mass is 303 g/mol. The molecule has 108 valence electrons. The first-order chi connectivity index (χ1) is 9.22. The van der Waals surface area contributed by atoms with Crippen LogP contribution >= 0.6 is 21.6 Å². The van der Waals surface area contributed by atoms with Crippen LogP contribution in [0.5, 0.6) is 0 Å². The van der Waals surface area contributed by atoms with Crippen molar-refractivity contribution in [2.45, 2.75) is 37.4 Å². The highest BCUT2D eigenvalue weighted by Crippen LogP contribution is 2.40. The number of rotatable bonds is 7. The first-order valence-corrected chi connectivity index (χ1v) is 8.67. The number of nitrogens with one attached hydrogen (secondary N) is 1. The summed E-state index contributed by atoms with van der Waals surface area (Å²) in [5.74, 6) is 5.33. The number of hydrogen-bond donors (Lipinski definition) is 1. The fourth-order valence-electron chi connectivity index (χ4n) is 1.42. The molecule has 0 radical (unpaired) electrons. The van der Waals surface area contributed by atoms with Gasteiger partial charge in [0, 0.05) is 5.25 Å². The van der Waals surface area contributed by atoms with Crippen molar-refractivity contribution in [3.63, 3.8) is 0 Å².